The van der Waals surface area contributed by atoms with E-state index in [0.29, 0.717) is 12.5 Å². The van der Waals surface area contributed by atoms with Crippen LogP contribution >= 0.6 is 0 Å². The minimum Gasteiger partial charge on any atom is -0.343 e. The monoisotopic (exact) mass is 262 g/mol. The Kier molecular flexibility index (Phi) is 2.80. The number of nitrogens with zero attached hydrogens (tertiary/aromatic N) is 3. The number of aryl methyl sites for hydroxylation is 1. The zero-order chi connectivity index (χ0) is 13.6. The van der Waals surface area contributed by atoms with Gasteiger partial charge in [0, 0.05) is 13.2 Å². The largest absolute Gasteiger partial charge is 0.343 e. The lowest BCUT2D eigenvalue weighted by molar-refractivity contribution is -0.150. The first-order valence-corrected chi connectivity index (χ1v) is 6.65. The SMILES string of the molecule is CC1NC(=O)C(C2CC2)N(Cc2ccn(C)n2)C1=O. The van der Waals surface area contributed by atoms with Gasteiger partial charge in [-0.15, -0.1) is 0 Å². The summed E-state index contributed by atoms with van der Waals surface area (Å²) in [5.41, 5.74) is 0.823. The standard InChI is InChI=1S/C13H18N4O2/c1-8-13(19)17(7-10-5-6-16(2)15-10)11(9-3-4-9)12(18)14-8/h5-6,8-9,11H,3-4,7H2,1-2H3,(H,14,18). The molecule has 2 heterocycles. The van der Waals surface area contributed by atoms with Crippen molar-refractivity contribution in [1.82, 2.24) is 20.0 Å². The lowest BCUT2D eigenvalue weighted by Gasteiger charge is -2.37. The topological polar surface area (TPSA) is 67.2 Å². The van der Waals surface area contributed by atoms with E-state index in [1.165, 1.54) is 0 Å². The molecule has 2 atom stereocenters. The second-order valence-electron chi connectivity index (χ2n) is 5.46. The van der Waals surface area contributed by atoms with Gasteiger partial charge in [0.1, 0.15) is 12.1 Å². The molecule has 0 aromatic carbocycles. The van der Waals surface area contributed by atoms with Crippen LogP contribution in [0.2, 0.25) is 0 Å². The normalized spacial score (nSPS) is 27.6. The third-order valence-corrected chi connectivity index (χ3v) is 3.79. The molecule has 1 aromatic heterocycles. The van der Waals surface area contributed by atoms with Crippen molar-refractivity contribution >= 4 is 11.8 Å². The summed E-state index contributed by atoms with van der Waals surface area (Å²) in [5, 5.41) is 7.06. The quantitative estimate of drug-likeness (QED) is 0.836. The Balaban J connectivity index is 1.84. The minimum atomic E-state index is -0.439. The molecule has 2 amide bonds. The number of rotatable bonds is 3. The maximum atomic E-state index is 12.3. The van der Waals surface area contributed by atoms with Gasteiger partial charge in [-0.1, -0.05) is 0 Å². The summed E-state index contributed by atoms with van der Waals surface area (Å²) in [6, 6.07) is 1.13. The molecule has 6 nitrogen and oxygen atoms in total. The highest BCUT2D eigenvalue weighted by Crippen LogP contribution is 2.37. The number of hydrogen-bond donors (Lipinski definition) is 1. The average molecular weight is 262 g/mol. The average Bonchev–Trinajstić information content (AvgIpc) is 3.09. The molecule has 19 heavy (non-hydrogen) atoms. The zero-order valence-corrected chi connectivity index (χ0v) is 11.2. The minimum absolute atomic E-state index is 0.0119. The first kappa shape index (κ1) is 12.2. The maximum Gasteiger partial charge on any atom is 0.245 e. The highest BCUT2D eigenvalue weighted by molar-refractivity contribution is 5.97. The fraction of sp³-hybridized carbons (Fsp3) is 0.615. The molecule has 102 valence electrons. The van der Waals surface area contributed by atoms with E-state index >= 15 is 0 Å². The summed E-state index contributed by atoms with van der Waals surface area (Å²) < 4.78 is 1.71. The Hall–Kier alpha value is -1.85. The maximum absolute atomic E-state index is 12.3. The van der Waals surface area contributed by atoms with E-state index in [2.05, 4.69) is 10.4 Å². The van der Waals surface area contributed by atoms with Crippen molar-refractivity contribution in [2.75, 3.05) is 0 Å². The molecule has 0 radical (unpaired) electrons. The van der Waals surface area contributed by atoms with Crippen LogP contribution in [0.1, 0.15) is 25.5 Å². The van der Waals surface area contributed by atoms with E-state index in [1.807, 2.05) is 19.3 Å². The van der Waals surface area contributed by atoms with E-state index in [-0.39, 0.29) is 17.9 Å². The second-order valence-corrected chi connectivity index (χ2v) is 5.46. The molecule has 2 unspecified atom stereocenters. The lowest BCUT2D eigenvalue weighted by Crippen LogP contribution is -2.62. The molecule has 3 rings (SSSR count). The summed E-state index contributed by atoms with van der Waals surface area (Å²) in [6.45, 7) is 2.15. The van der Waals surface area contributed by atoms with Crippen molar-refractivity contribution in [1.29, 1.82) is 0 Å². The zero-order valence-electron chi connectivity index (χ0n) is 11.2. The molecule has 1 saturated heterocycles. The van der Waals surface area contributed by atoms with Gasteiger partial charge < -0.3 is 10.2 Å². The smallest absolute Gasteiger partial charge is 0.245 e. The van der Waals surface area contributed by atoms with Crippen molar-refractivity contribution in [3.63, 3.8) is 0 Å². The predicted octanol–water partition coefficient (Wildman–Crippen LogP) is 0.0456. The second kappa shape index (κ2) is 4.36. The van der Waals surface area contributed by atoms with Gasteiger partial charge in [0.2, 0.25) is 11.8 Å². The number of carbonyl (C=O) groups is 2. The molecule has 0 bridgehead atoms. The first-order valence-electron chi connectivity index (χ1n) is 6.65. The lowest BCUT2D eigenvalue weighted by atomic mass is 10.0. The summed E-state index contributed by atoms with van der Waals surface area (Å²) >= 11 is 0. The predicted molar refractivity (Wildman–Crippen MR) is 67.9 cm³/mol. The Morgan fingerprint density at radius 2 is 2.16 bits per heavy atom. The van der Waals surface area contributed by atoms with Crippen LogP contribution in [0.5, 0.6) is 0 Å². The summed E-state index contributed by atoms with van der Waals surface area (Å²) in [5.74, 6) is 0.285. The summed E-state index contributed by atoms with van der Waals surface area (Å²) in [7, 11) is 1.84. The van der Waals surface area contributed by atoms with Gasteiger partial charge in [0.15, 0.2) is 0 Å². The molecule has 1 aliphatic heterocycles. The Morgan fingerprint density at radius 1 is 1.42 bits per heavy atom. The fourth-order valence-electron chi connectivity index (χ4n) is 2.67. The highest BCUT2D eigenvalue weighted by atomic mass is 16.2. The molecule has 1 aliphatic carbocycles. The van der Waals surface area contributed by atoms with Crippen LogP contribution in [0.25, 0.3) is 0 Å². The highest BCUT2D eigenvalue weighted by Gasteiger charge is 2.46. The Bertz CT molecular complexity index is 520. The molecule has 0 spiro atoms. The van der Waals surface area contributed by atoms with Gasteiger partial charge in [-0.3, -0.25) is 14.3 Å². The molecule has 2 fully saturated rings. The molecule has 2 aliphatic rings. The number of aromatic nitrogens is 2. The summed E-state index contributed by atoms with van der Waals surface area (Å²) in [4.78, 5) is 26.1. The number of carbonyl (C=O) groups excluding carboxylic acids is 2. The Morgan fingerprint density at radius 3 is 2.74 bits per heavy atom. The Labute approximate surface area is 111 Å². The third-order valence-electron chi connectivity index (χ3n) is 3.79. The van der Waals surface area contributed by atoms with Crippen LogP contribution in [0, 0.1) is 5.92 Å². The van der Waals surface area contributed by atoms with Crippen LogP contribution in [-0.4, -0.2) is 38.6 Å². The van der Waals surface area contributed by atoms with Gasteiger partial charge >= 0.3 is 0 Å². The number of nitrogens with one attached hydrogen (secondary N) is 1. The van der Waals surface area contributed by atoms with E-state index in [0.717, 1.165) is 18.5 Å². The van der Waals surface area contributed by atoms with Crippen LogP contribution < -0.4 is 5.32 Å². The molecule has 1 saturated carbocycles. The van der Waals surface area contributed by atoms with E-state index in [4.69, 9.17) is 0 Å². The third kappa shape index (κ3) is 2.22. The molecule has 6 heteroatoms. The fourth-order valence-corrected chi connectivity index (χ4v) is 2.67. The van der Waals surface area contributed by atoms with E-state index < -0.39 is 6.04 Å². The van der Waals surface area contributed by atoms with Crippen LogP contribution in [0.3, 0.4) is 0 Å². The van der Waals surface area contributed by atoms with E-state index in [1.54, 1.807) is 16.5 Å². The van der Waals surface area contributed by atoms with Crippen LogP contribution in [0.15, 0.2) is 12.3 Å². The van der Waals surface area contributed by atoms with Gasteiger partial charge in [0.25, 0.3) is 0 Å². The van der Waals surface area contributed by atoms with Crippen molar-refractivity contribution in [2.45, 2.75) is 38.4 Å². The molecular weight excluding hydrogens is 244 g/mol. The van der Waals surface area contributed by atoms with Gasteiger partial charge in [-0.2, -0.15) is 5.10 Å². The van der Waals surface area contributed by atoms with Crippen LogP contribution in [-0.2, 0) is 23.2 Å². The number of piperazine rings is 1. The molecular formula is C13H18N4O2. The first-order chi connectivity index (χ1) is 9.06. The van der Waals surface area contributed by atoms with Crippen LogP contribution in [0.4, 0.5) is 0 Å². The van der Waals surface area contributed by atoms with Crippen molar-refractivity contribution in [3.05, 3.63) is 18.0 Å². The van der Waals surface area contributed by atoms with Crippen molar-refractivity contribution in [2.24, 2.45) is 13.0 Å². The number of hydrogen-bond acceptors (Lipinski definition) is 3. The van der Waals surface area contributed by atoms with Gasteiger partial charge in [-0.25, -0.2) is 0 Å². The van der Waals surface area contributed by atoms with Gasteiger partial charge in [0.05, 0.1) is 12.2 Å². The van der Waals surface area contributed by atoms with Crippen molar-refractivity contribution in [3.8, 4) is 0 Å². The number of amides is 2. The molecule has 1 aromatic rings. The summed E-state index contributed by atoms with van der Waals surface area (Å²) in [6.07, 6.45) is 3.90. The molecule has 1 N–H and O–H groups in total. The van der Waals surface area contributed by atoms with E-state index in [9.17, 15) is 9.59 Å². The van der Waals surface area contributed by atoms with Gasteiger partial charge in [-0.05, 0) is 31.7 Å². The van der Waals surface area contributed by atoms with Crippen molar-refractivity contribution < 1.29 is 9.59 Å².